The van der Waals surface area contributed by atoms with Gasteiger partial charge in [-0.25, -0.2) is 0 Å². The van der Waals surface area contributed by atoms with Crippen LogP contribution in [0.5, 0.6) is 0 Å². The van der Waals surface area contributed by atoms with Crippen LogP contribution in [0.15, 0.2) is 0 Å². The van der Waals surface area contributed by atoms with E-state index >= 15 is 0 Å². The van der Waals surface area contributed by atoms with E-state index in [4.69, 9.17) is 4.74 Å². The van der Waals surface area contributed by atoms with Gasteiger partial charge in [0, 0.05) is 19.6 Å². The molecule has 0 aliphatic rings. The Bertz CT molecular complexity index is 141. The van der Waals surface area contributed by atoms with Crippen LogP contribution in [0.4, 0.5) is 0 Å². The molecule has 0 rings (SSSR count). The molecule has 2 unspecified atom stereocenters. The fraction of sp³-hybridized carbons (Fsp3) is 0.900. The first-order valence-corrected chi connectivity index (χ1v) is 4.50. The van der Waals surface area contributed by atoms with Gasteiger partial charge in [0.05, 0.1) is 0 Å². The molecular weight excluding hydrogens is 152 g/mol. The van der Waals surface area contributed by atoms with Crippen LogP contribution in [0.25, 0.3) is 0 Å². The zero-order valence-electron chi connectivity index (χ0n) is 8.76. The van der Waals surface area contributed by atoms with E-state index in [0.29, 0.717) is 18.4 Å². The SMILES string of the molecule is COCC(C)C(C(C)=O)C(C)C. The van der Waals surface area contributed by atoms with Crippen molar-refractivity contribution in [2.24, 2.45) is 17.8 Å². The Balaban J connectivity index is 4.19. The zero-order chi connectivity index (χ0) is 9.72. The van der Waals surface area contributed by atoms with Crippen LogP contribution < -0.4 is 0 Å². The number of ketones is 1. The van der Waals surface area contributed by atoms with Crippen molar-refractivity contribution in [2.75, 3.05) is 13.7 Å². The quantitative estimate of drug-likeness (QED) is 0.635. The van der Waals surface area contributed by atoms with Gasteiger partial charge in [-0.15, -0.1) is 0 Å². The van der Waals surface area contributed by atoms with Gasteiger partial charge < -0.3 is 4.74 Å². The van der Waals surface area contributed by atoms with Gasteiger partial charge in [0.25, 0.3) is 0 Å². The molecule has 0 aliphatic heterocycles. The number of methoxy groups -OCH3 is 1. The molecule has 2 atom stereocenters. The second-order valence-electron chi connectivity index (χ2n) is 3.81. The molecule has 0 aromatic heterocycles. The molecule has 2 nitrogen and oxygen atoms in total. The van der Waals surface area contributed by atoms with E-state index in [0.717, 1.165) is 0 Å². The summed E-state index contributed by atoms with van der Waals surface area (Å²) in [7, 11) is 1.67. The van der Waals surface area contributed by atoms with Crippen molar-refractivity contribution in [3.8, 4) is 0 Å². The Morgan fingerprint density at radius 2 is 1.83 bits per heavy atom. The number of hydrogen-bond donors (Lipinski definition) is 0. The largest absolute Gasteiger partial charge is 0.384 e. The van der Waals surface area contributed by atoms with Crippen molar-refractivity contribution < 1.29 is 9.53 Å². The van der Waals surface area contributed by atoms with E-state index in [-0.39, 0.29) is 11.7 Å². The molecule has 0 radical (unpaired) electrons. The van der Waals surface area contributed by atoms with Crippen LogP contribution in [0.3, 0.4) is 0 Å². The molecule has 0 bridgehead atoms. The Kier molecular flexibility index (Phi) is 5.14. The lowest BCUT2D eigenvalue weighted by Gasteiger charge is -2.24. The topological polar surface area (TPSA) is 26.3 Å². The van der Waals surface area contributed by atoms with E-state index in [1.54, 1.807) is 14.0 Å². The standard InChI is InChI=1S/C10H20O2/c1-7(2)10(9(4)11)8(3)6-12-5/h7-8,10H,6H2,1-5H3. The summed E-state index contributed by atoms with van der Waals surface area (Å²) in [4.78, 5) is 11.2. The number of carbonyl (C=O) groups excluding carboxylic acids is 1. The van der Waals surface area contributed by atoms with E-state index in [2.05, 4.69) is 20.8 Å². The molecule has 0 heterocycles. The van der Waals surface area contributed by atoms with Crippen LogP contribution in [0.2, 0.25) is 0 Å². The molecule has 0 saturated heterocycles. The van der Waals surface area contributed by atoms with Crippen molar-refractivity contribution in [1.29, 1.82) is 0 Å². The Labute approximate surface area is 75.3 Å². The molecule has 0 aromatic carbocycles. The van der Waals surface area contributed by atoms with Gasteiger partial charge in [0.2, 0.25) is 0 Å². The van der Waals surface area contributed by atoms with E-state index in [1.807, 2.05) is 0 Å². The molecule has 0 fully saturated rings. The van der Waals surface area contributed by atoms with Gasteiger partial charge in [0.1, 0.15) is 5.78 Å². The number of hydrogen-bond acceptors (Lipinski definition) is 2. The minimum atomic E-state index is 0.143. The molecule has 2 heteroatoms. The first-order chi connectivity index (χ1) is 5.50. The Morgan fingerprint density at radius 1 is 1.33 bits per heavy atom. The summed E-state index contributed by atoms with van der Waals surface area (Å²) in [5, 5.41) is 0. The van der Waals surface area contributed by atoms with Gasteiger partial charge in [-0.3, -0.25) is 4.79 Å². The zero-order valence-corrected chi connectivity index (χ0v) is 8.76. The average molecular weight is 172 g/mol. The maximum Gasteiger partial charge on any atom is 0.133 e. The fourth-order valence-electron chi connectivity index (χ4n) is 1.89. The number of rotatable bonds is 5. The molecule has 0 saturated carbocycles. The summed E-state index contributed by atoms with van der Waals surface area (Å²) < 4.78 is 5.03. The maximum absolute atomic E-state index is 11.2. The fourth-order valence-corrected chi connectivity index (χ4v) is 1.89. The van der Waals surface area contributed by atoms with E-state index in [9.17, 15) is 4.79 Å². The lowest BCUT2D eigenvalue weighted by Crippen LogP contribution is -2.27. The first-order valence-electron chi connectivity index (χ1n) is 4.50. The number of carbonyl (C=O) groups is 1. The molecule has 12 heavy (non-hydrogen) atoms. The van der Waals surface area contributed by atoms with Crippen molar-refractivity contribution >= 4 is 5.78 Å². The van der Waals surface area contributed by atoms with Crippen LogP contribution >= 0.6 is 0 Å². The van der Waals surface area contributed by atoms with Crippen LogP contribution in [-0.2, 0) is 9.53 Å². The maximum atomic E-state index is 11.2. The summed E-state index contributed by atoms with van der Waals surface area (Å²) in [5.74, 6) is 1.15. The highest BCUT2D eigenvalue weighted by Crippen LogP contribution is 2.21. The normalized spacial score (nSPS) is 16.2. The molecule has 0 aromatic rings. The number of ether oxygens (including phenoxy) is 1. The van der Waals surface area contributed by atoms with Gasteiger partial charge in [-0.2, -0.15) is 0 Å². The minimum Gasteiger partial charge on any atom is -0.384 e. The van der Waals surface area contributed by atoms with E-state index in [1.165, 1.54) is 0 Å². The van der Waals surface area contributed by atoms with E-state index < -0.39 is 0 Å². The lowest BCUT2D eigenvalue weighted by molar-refractivity contribution is -0.124. The smallest absolute Gasteiger partial charge is 0.133 e. The molecule has 0 spiro atoms. The summed E-state index contributed by atoms with van der Waals surface area (Å²) in [5.41, 5.74) is 0. The predicted octanol–water partition coefficient (Wildman–Crippen LogP) is 2.13. The predicted molar refractivity (Wildman–Crippen MR) is 50.0 cm³/mol. The van der Waals surface area contributed by atoms with Gasteiger partial charge >= 0.3 is 0 Å². The molecule has 72 valence electrons. The van der Waals surface area contributed by atoms with Crippen molar-refractivity contribution in [3.05, 3.63) is 0 Å². The lowest BCUT2D eigenvalue weighted by atomic mass is 9.82. The monoisotopic (exact) mass is 172 g/mol. The summed E-state index contributed by atoms with van der Waals surface area (Å²) in [6.07, 6.45) is 0. The third kappa shape index (κ3) is 3.35. The third-order valence-corrected chi connectivity index (χ3v) is 2.23. The number of Topliss-reactive ketones (excluding diaryl/α,β-unsaturated/α-hetero) is 1. The molecule has 0 N–H and O–H groups in total. The molecular formula is C10H20O2. The average Bonchev–Trinajstić information content (AvgIpc) is 1.85. The van der Waals surface area contributed by atoms with Crippen LogP contribution in [0.1, 0.15) is 27.7 Å². The van der Waals surface area contributed by atoms with Crippen LogP contribution in [0, 0.1) is 17.8 Å². The minimum absolute atomic E-state index is 0.143. The van der Waals surface area contributed by atoms with Crippen molar-refractivity contribution in [1.82, 2.24) is 0 Å². The first kappa shape index (κ1) is 11.6. The Hall–Kier alpha value is -0.370. The van der Waals surface area contributed by atoms with Crippen LogP contribution in [-0.4, -0.2) is 19.5 Å². The van der Waals surface area contributed by atoms with Crippen molar-refractivity contribution in [2.45, 2.75) is 27.7 Å². The highest BCUT2D eigenvalue weighted by Gasteiger charge is 2.24. The van der Waals surface area contributed by atoms with Gasteiger partial charge in [-0.05, 0) is 18.8 Å². The second-order valence-corrected chi connectivity index (χ2v) is 3.81. The summed E-state index contributed by atoms with van der Waals surface area (Å²) >= 11 is 0. The summed E-state index contributed by atoms with van der Waals surface area (Å²) in [6, 6.07) is 0. The molecule has 0 amide bonds. The van der Waals surface area contributed by atoms with Crippen molar-refractivity contribution in [3.63, 3.8) is 0 Å². The summed E-state index contributed by atoms with van der Waals surface area (Å²) in [6.45, 7) is 8.56. The third-order valence-electron chi connectivity index (χ3n) is 2.23. The van der Waals surface area contributed by atoms with Gasteiger partial charge in [-0.1, -0.05) is 20.8 Å². The highest BCUT2D eigenvalue weighted by atomic mass is 16.5. The highest BCUT2D eigenvalue weighted by molar-refractivity contribution is 5.78. The Morgan fingerprint density at radius 3 is 2.08 bits per heavy atom. The van der Waals surface area contributed by atoms with Gasteiger partial charge in [0.15, 0.2) is 0 Å². The second kappa shape index (κ2) is 5.31. The molecule has 0 aliphatic carbocycles.